The number of imidazole rings is 1. The Kier molecular flexibility index (Phi) is 5.93. The lowest BCUT2D eigenvalue weighted by Gasteiger charge is -2.06. The van der Waals surface area contributed by atoms with E-state index in [1.807, 2.05) is 0 Å². The van der Waals surface area contributed by atoms with Gasteiger partial charge in [-0.3, -0.25) is 0 Å². The summed E-state index contributed by atoms with van der Waals surface area (Å²) in [5, 5.41) is 0. The summed E-state index contributed by atoms with van der Waals surface area (Å²) in [5.41, 5.74) is 7.46. The van der Waals surface area contributed by atoms with Crippen LogP contribution >= 0.6 is 0 Å². The molecule has 2 N–H and O–H groups in total. The highest BCUT2D eigenvalue weighted by Crippen LogP contribution is 2.39. The van der Waals surface area contributed by atoms with Gasteiger partial charge in [-0.25, -0.2) is 4.98 Å². The van der Waals surface area contributed by atoms with Gasteiger partial charge in [-0.1, -0.05) is 52.4 Å². The first-order valence-electron chi connectivity index (χ1n) is 8.63. The van der Waals surface area contributed by atoms with Crippen LogP contribution in [0.25, 0.3) is 0 Å². The molecule has 0 atom stereocenters. The Morgan fingerprint density at radius 1 is 1.05 bits per heavy atom. The molecular formula is C17H31N3. The minimum Gasteiger partial charge on any atom is -0.384 e. The van der Waals surface area contributed by atoms with Gasteiger partial charge in [-0.15, -0.1) is 0 Å². The molecule has 1 fully saturated rings. The second kappa shape index (κ2) is 7.70. The van der Waals surface area contributed by atoms with Crippen LogP contribution in [0.2, 0.25) is 0 Å². The van der Waals surface area contributed by atoms with Crippen LogP contribution in [0.15, 0.2) is 0 Å². The molecule has 1 saturated carbocycles. The van der Waals surface area contributed by atoms with Gasteiger partial charge in [-0.2, -0.15) is 0 Å². The smallest absolute Gasteiger partial charge is 0.127 e. The molecule has 0 spiro atoms. The number of nitrogen functional groups attached to an aromatic ring is 1. The van der Waals surface area contributed by atoms with Crippen molar-refractivity contribution in [3.8, 4) is 0 Å². The quantitative estimate of drug-likeness (QED) is 0.632. The molecule has 0 aliphatic heterocycles. The van der Waals surface area contributed by atoms with Gasteiger partial charge in [-0.05, 0) is 25.7 Å². The summed E-state index contributed by atoms with van der Waals surface area (Å²) >= 11 is 0. The van der Waals surface area contributed by atoms with Gasteiger partial charge >= 0.3 is 0 Å². The zero-order chi connectivity index (χ0) is 14.4. The average Bonchev–Trinajstić information content (AvgIpc) is 3.23. The summed E-state index contributed by atoms with van der Waals surface area (Å²) < 4.78 is 2.30. The van der Waals surface area contributed by atoms with Gasteiger partial charge in [0, 0.05) is 12.5 Å². The maximum atomic E-state index is 6.30. The number of aryl methyl sites for hydroxylation is 2. The normalized spacial score (nSPS) is 14.9. The lowest BCUT2D eigenvalue weighted by Crippen LogP contribution is -2.04. The number of rotatable bonds is 10. The Balaban J connectivity index is 1.75. The van der Waals surface area contributed by atoms with E-state index in [-0.39, 0.29) is 0 Å². The Labute approximate surface area is 124 Å². The Morgan fingerprint density at radius 2 is 1.70 bits per heavy atom. The first kappa shape index (κ1) is 15.4. The Bertz CT molecular complexity index is 405. The predicted octanol–water partition coefficient (Wildman–Crippen LogP) is 4.66. The maximum absolute atomic E-state index is 6.30. The number of unbranched alkanes of at least 4 members (excludes halogenated alkanes) is 6. The lowest BCUT2D eigenvalue weighted by atomic mass is 10.1. The number of nitrogens with zero attached hydrogens (tertiary/aromatic N) is 2. The van der Waals surface area contributed by atoms with Crippen LogP contribution in [0.5, 0.6) is 0 Å². The van der Waals surface area contributed by atoms with Crippen molar-refractivity contribution in [2.24, 2.45) is 0 Å². The van der Waals surface area contributed by atoms with Crippen molar-refractivity contribution < 1.29 is 0 Å². The molecular weight excluding hydrogens is 246 g/mol. The van der Waals surface area contributed by atoms with Crippen LogP contribution in [-0.4, -0.2) is 9.55 Å². The van der Waals surface area contributed by atoms with Crippen LogP contribution < -0.4 is 5.73 Å². The Hall–Kier alpha value is -0.990. The van der Waals surface area contributed by atoms with Gasteiger partial charge in [0.2, 0.25) is 0 Å². The molecule has 0 unspecified atom stereocenters. The lowest BCUT2D eigenvalue weighted by molar-refractivity contribution is 0.587. The minimum absolute atomic E-state index is 0.653. The fraction of sp³-hybridized carbons (Fsp3) is 0.824. The third-order valence-corrected chi connectivity index (χ3v) is 4.34. The van der Waals surface area contributed by atoms with Crippen molar-refractivity contribution in [1.82, 2.24) is 9.55 Å². The van der Waals surface area contributed by atoms with Gasteiger partial charge in [0.05, 0.1) is 5.69 Å². The molecule has 1 aromatic heterocycles. The van der Waals surface area contributed by atoms with Crippen LogP contribution in [0.4, 0.5) is 5.82 Å². The summed E-state index contributed by atoms with van der Waals surface area (Å²) in [7, 11) is 0. The molecule has 0 amide bonds. The van der Waals surface area contributed by atoms with E-state index in [9.17, 15) is 0 Å². The van der Waals surface area contributed by atoms with Crippen LogP contribution in [0.3, 0.4) is 0 Å². The molecule has 1 aliphatic carbocycles. The zero-order valence-electron chi connectivity index (χ0n) is 13.3. The molecule has 20 heavy (non-hydrogen) atoms. The van der Waals surface area contributed by atoms with Crippen LogP contribution in [0.1, 0.15) is 89.2 Å². The second-order valence-electron chi connectivity index (χ2n) is 6.19. The molecule has 2 rings (SSSR count). The largest absolute Gasteiger partial charge is 0.384 e. The molecule has 1 aromatic rings. The summed E-state index contributed by atoms with van der Waals surface area (Å²) in [4.78, 5) is 4.77. The van der Waals surface area contributed by atoms with E-state index >= 15 is 0 Å². The molecule has 0 aromatic carbocycles. The molecule has 3 heteroatoms. The third kappa shape index (κ3) is 4.00. The number of anilines is 1. The standard InChI is InChI=1S/C17H31N3/c1-3-5-6-7-8-9-10-11-15-17(18)20(14-12-13-14)16(4-2)19-15/h14H,3-13,18H2,1-2H3. The monoisotopic (exact) mass is 277 g/mol. The van der Waals surface area contributed by atoms with Crippen molar-refractivity contribution in [3.63, 3.8) is 0 Å². The fourth-order valence-corrected chi connectivity index (χ4v) is 2.97. The van der Waals surface area contributed by atoms with Gasteiger partial charge < -0.3 is 10.3 Å². The highest BCUT2D eigenvalue weighted by Gasteiger charge is 2.28. The molecule has 0 saturated heterocycles. The summed E-state index contributed by atoms with van der Waals surface area (Å²) in [6.45, 7) is 4.45. The van der Waals surface area contributed by atoms with Crippen molar-refractivity contribution in [2.45, 2.75) is 90.5 Å². The van der Waals surface area contributed by atoms with Crippen molar-refractivity contribution in [2.75, 3.05) is 5.73 Å². The van der Waals surface area contributed by atoms with Crippen molar-refractivity contribution in [1.29, 1.82) is 0 Å². The third-order valence-electron chi connectivity index (χ3n) is 4.34. The van der Waals surface area contributed by atoms with E-state index in [1.165, 1.54) is 63.6 Å². The number of nitrogens with two attached hydrogens (primary N) is 1. The number of aromatic nitrogens is 2. The van der Waals surface area contributed by atoms with Crippen molar-refractivity contribution >= 4 is 5.82 Å². The highest BCUT2D eigenvalue weighted by molar-refractivity contribution is 5.39. The molecule has 0 bridgehead atoms. The summed E-state index contributed by atoms with van der Waals surface area (Å²) in [6, 6.07) is 0.653. The fourth-order valence-electron chi connectivity index (χ4n) is 2.97. The molecule has 3 nitrogen and oxygen atoms in total. The van der Waals surface area contributed by atoms with Crippen LogP contribution in [0, 0.1) is 0 Å². The van der Waals surface area contributed by atoms with E-state index in [0.29, 0.717) is 6.04 Å². The SMILES string of the molecule is CCCCCCCCCc1nc(CC)n(C2CC2)c1N. The first-order chi connectivity index (χ1) is 9.77. The van der Waals surface area contributed by atoms with Gasteiger partial charge in [0.1, 0.15) is 11.6 Å². The van der Waals surface area contributed by atoms with E-state index in [4.69, 9.17) is 10.7 Å². The van der Waals surface area contributed by atoms with Gasteiger partial charge in [0.15, 0.2) is 0 Å². The topological polar surface area (TPSA) is 43.8 Å². The Morgan fingerprint density at radius 3 is 2.30 bits per heavy atom. The van der Waals surface area contributed by atoms with E-state index in [0.717, 1.165) is 24.4 Å². The summed E-state index contributed by atoms with van der Waals surface area (Å²) in [5.74, 6) is 2.15. The van der Waals surface area contributed by atoms with Crippen molar-refractivity contribution in [3.05, 3.63) is 11.5 Å². The molecule has 1 heterocycles. The average molecular weight is 277 g/mol. The first-order valence-corrected chi connectivity index (χ1v) is 8.63. The van der Waals surface area contributed by atoms with Gasteiger partial charge in [0.25, 0.3) is 0 Å². The zero-order valence-corrected chi connectivity index (χ0v) is 13.3. The highest BCUT2D eigenvalue weighted by atomic mass is 15.2. The number of hydrogen-bond acceptors (Lipinski definition) is 2. The molecule has 114 valence electrons. The predicted molar refractivity (Wildman–Crippen MR) is 86.0 cm³/mol. The molecule has 1 aliphatic rings. The molecule has 0 radical (unpaired) electrons. The van der Waals surface area contributed by atoms with E-state index in [2.05, 4.69) is 18.4 Å². The van der Waals surface area contributed by atoms with E-state index < -0.39 is 0 Å². The minimum atomic E-state index is 0.653. The second-order valence-corrected chi connectivity index (χ2v) is 6.19. The number of hydrogen-bond donors (Lipinski definition) is 1. The van der Waals surface area contributed by atoms with Crippen LogP contribution in [-0.2, 0) is 12.8 Å². The van der Waals surface area contributed by atoms with E-state index in [1.54, 1.807) is 0 Å². The summed E-state index contributed by atoms with van der Waals surface area (Å²) in [6.07, 6.45) is 14.0. The maximum Gasteiger partial charge on any atom is 0.127 e.